The Morgan fingerprint density at radius 2 is 2.04 bits per heavy atom. The number of hydrogen-bond acceptors (Lipinski definition) is 2. The van der Waals surface area contributed by atoms with Gasteiger partial charge in [0.05, 0.1) is 12.2 Å². The average molecular weight is 327 g/mol. The summed E-state index contributed by atoms with van der Waals surface area (Å²) in [5.41, 5.74) is 0.913. The summed E-state index contributed by atoms with van der Waals surface area (Å²) in [6.45, 7) is 0. The van der Waals surface area contributed by atoms with Gasteiger partial charge in [0.25, 0.3) is 0 Å². The topological polar surface area (TPSA) is 46.9 Å². The van der Waals surface area contributed by atoms with Crippen molar-refractivity contribution in [1.29, 1.82) is 0 Å². The summed E-state index contributed by atoms with van der Waals surface area (Å²) in [7, 11) is 0. The van der Waals surface area contributed by atoms with E-state index in [1.807, 2.05) is 16.8 Å². The Labute approximate surface area is 141 Å². The first kappa shape index (κ1) is 15.4. The molecule has 2 aromatic rings. The lowest BCUT2D eigenvalue weighted by Crippen LogP contribution is -2.21. The molecule has 2 unspecified atom stereocenters. The van der Waals surface area contributed by atoms with Gasteiger partial charge >= 0.3 is 0 Å². The summed E-state index contributed by atoms with van der Waals surface area (Å²) < 4.78 is 15.3. The van der Waals surface area contributed by atoms with Crippen molar-refractivity contribution >= 4 is 11.7 Å². The molecular weight excluding hydrogens is 305 g/mol. The van der Waals surface area contributed by atoms with Gasteiger partial charge in [-0.25, -0.2) is 9.07 Å². The first-order valence-corrected chi connectivity index (χ1v) is 8.82. The maximum absolute atomic E-state index is 13.3. The van der Waals surface area contributed by atoms with Gasteiger partial charge in [0.15, 0.2) is 0 Å². The van der Waals surface area contributed by atoms with E-state index in [-0.39, 0.29) is 23.6 Å². The molecule has 0 aliphatic heterocycles. The lowest BCUT2D eigenvalue weighted by Gasteiger charge is -2.23. The number of benzene rings is 1. The number of carbonyl (C=O) groups excluding carboxylic acids is 1. The van der Waals surface area contributed by atoms with E-state index >= 15 is 0 Å². The molecule has 4 nitrogen and oxygen atoms in total. The lowest BCUT2D eigenvalue weighted by molar-refractivity contribution is -0.117. The van der Waals surface area contributed by atoms with Crippen LogP contribution in [0, 0.1) is 11.7 Å². The quantitative estimate of drug-likeness (QED) is 0.911. The fraction of sp³-hybridized carbons (Fsp3) is 0.474. The molecule has 1 aromatic heterocycles. The Bertz CT molecular complexity index is 736. The smallest absolute Gasteiger partial charge is 0.229 e. The summed E-state index contributed by atoms with van der Waals surface area (Å²) in [4.78, 5) is 12.5. The Morgan fingerprint density at radius 1 is 1.21 bits per heavy atom. The van der Waals surface area contributed by atoms with E-state index < -0.39 is 0 Å². The van der Waals surface area contributed by atoms with Crippen molar-refractivity contribution in [3.8, 4) is 0 Å². The molecule has 5 heteroatoms. The van der Waals surface area contributed by atoms with E-state index in [9.17, 15) is 9.18 Å². The summed E-state index contributed by atoms with van der Waals surface area (Å²) in [6, 6.07) is 8.82. The van der Waals surface area contributed by atoms with Crippen molar-refractivity contribution in [2.24, 2.45) is 5.92 Å². The fourth-order valence-electron chi connectivity index (χ4n) is 3.84. The van der Waals surface area contributed by atoms with Gasteiger partial charge in [-0.3, -0.25) is 4.79 Å². The van der Waals surface area contributed by atoms with Crippen LogP contribution in [0.25, 0.3) is 0 Å². The van der Waals surface area contributed by atoms with Crippen LogP contribution in [0.3, 0.4) is 0 Å². The first-order valence-electron chi connectivity index (χ1n) is 8.82. The SMILES string of the molecule is O=C(Nc1ccnn1C1CCCCC1)C1CC1c1cccc(F)c1. The zero-order valence-electron chi connectivity index (χ0n) is 13.6. The van der Waals surface area contributed by atoms with Gasteiger partial charge in [-0.05, 0) is 42.9 Å². The predicted molar refractivity (Wildman–Crippen MR) is 90.2 cm³/mol. The van der Waals surface area contributed by atoms with Crippen LogP contribution >= 0.6 is 0 Å². The highest BCUT2D eigenvalue weighted by Gasteiger charge is 2.44. The molecule has 126 valence electrons. The molecule has 2 atom stereocenters. The van der Waals surface area contributed by atoms with Crippen LogP contribution in [0.4, 0.5) is 10.2 Å². The molecule has 1 N–H and O–H groups in total. The van der Waals surface area contributed by atoms with E-state index in [1.165, 1.54) is 31.4 Å². The second kappa shape index (κ2) is 6.38. The molecule has 2 aliphatic carbocycles. The molecule has 0 bridgehead atoms. The van der Waals surface area contributed by atoms with E-state index in [4.69, 9.17) is 0 Å². The van der Waals surface area contributed by atoms with Gasteiger partial charge in [-0.15, -0.1) is 0 Å². The second-order valence-corrected chi connectivity index (χ2v) is 6.95. The molecule has 1 heterocycles. The van der Waals surface area contributed by atoms with Crippen molar-refractivity contribution in [2.45, 2.75) is 50.5 Å². The number of anilines is 1. The van der Waals surface area contributed by atoms with Crippen molar-refractivity contribution in [3.05, 3.63) is 47.9 Å². The van der Waals surface area contributed by atoms with Crippen molar-refractivity contribution in [3.63, 3.8) is 0 Å². The van der Waals surface area contributed by atoms with Crippen LogP contribution < -0.4 is 5.32 Å². The van der Waals surface area contributed by atoms with Gasteiger partial charge in [0, 0.05) is 12.0 Å². The Hall–Kier alpha value is -2.17. The molecule has 0 spiro atoms. The first-order chi connectivity index (χ1) is 11.7. The summed E-state index contributed by atoms with van der Waals surface area (Å²) in [5.74, 6) is 0.626. The minimum Gasteiger partial charge on any atom is -0.311 e. The maximum atomic E-state index is 13.3. The van der Waals surface area contributed by atoms with Crippen LogP contribution in [-0.4, -0.2) is 15.7 Å². The number of amides is 1. The molecule has 24 heavy (non-hydrogen) atoms. The molecule has 2 saturated carbocycles. The number of rotatable bonds is 4. The number of nitrogens with zero attached hydrogens (tertiary/aromatic N) is 2. The molecule has 0 saturated heterocycles. The third kappa shape index (κ3) is 3.07. The third-order valence-corrected chi connectivity index (χ3v) is 5.25. The second-order valence-electron chi connectivity index (χ2n) is 6.95. The minimum atomic E-state index is -0.242. The number of halogens is 1. The minimum absolute atomic E-state index is 0.0156. The highest BCUT2D eigenvalue weighted by atomic mass is 19.1. The van der Waals surface area contributed by atoms with Gasteiger partial charge in [-0.2, -0.15) is 5.10 Å². The number of aromatic nitrogens is 2. The number of hydrogen-bond donors (Lipinski definition) is 1. The molecular formula is C19H22FN3O. The van der Waals surface area contributed by atoms with E-state index in [0.717, 1.165) is 30.6 Å². The van der Waals surface area contributed by atoms with Crippen LogP contribution in [-0.2, 0) is 4.79 Å². The van der Waals surface area contributed by atoms with E-state index in [0.29, 0.717) is 6.04 Å². The molecule has 4 rings (SSSR count). The van der Waals surface area contributed by atoms with Gasteiger partial charge in [0.2, 0.25) is 5.91 Å². The fourth-order valence-corrected chi connectivity index (χ4v) is 3.84. The largest absolute Gasteiger partial charge is 0.311 e. The predicted octanol–water partition coefficient (Wildman–Crippen LogP) is 4.27. The molecule has 2 fully saturated rings. The van der Waals surface area contributed by atoms with Gasteiger partial charge < -0.3 is 5.32 Å². The third-order valence-electron chi connectivity index (χ3n) is 5.25. The van der Waals surface area contributed by atoms with Gasteiger partial charge in [0.1, 0.15) is 11.6 Å². The van der Waals surface area contributed by atoms with Crippen molar-refractivity contribution in [2.75, 3.05) is 5.32 Å². The zero-order chi connectivity index (χ0) is 16.5. The highest BCUT2D eigenvalue weighted by molar-refractivity contribution is 5.94. The van der Waals surface area contributed by atoms with Crippen LogP contribution in [0.5, 0.6) is 0 Å². The van der Waals surface area contributed by atoms with Gasteiger partial charge in [-0.1, -0.05) is 31.4 Å². The summed E-state index contributed by atoms with van der Waals surface area (Å²) in [5, 5.41) is 7.45. The Morgan fingerprint density at radius 3 is 2.83 bits per heavy atom. The number of nitrogens with one attached hydrogen (secondary N) is 1. The standard InChI is InChI=1S/C19H22FN3O/c20-14-6-4-5-13(11-14)16-12-17(16)19(24)22-18-9-10-21-23(18)15-7-2-1-3-8-15/h4-6,9-11,15-17H,1-3,7-8,12H2,(H,22,24). The Balaban J connectivity index is 1.42. The highest BCUT2D eigenvalue weighted by Crippen LogP contribution is 2.48. The normalized spacial score (nSPS) is 23.9. The number of carbonyl (C=O) groups is 1. The van der Waals surface area contributed by atoms with Crippen LogP contribution in [0.2, 0.25) is 0 Å². The molecule has 2 aliphatic rings. The summed E-state index contributed by atoms with van der Waals surface area (Å²) >= 11 is 0. The molecule has 1 amide bonds. The average Bonchev–Trinajstić information content (AvgIpc) is 3.28. The van der Waals surface area contributed by atoms with E-state index in [2.05, 4.69) is 10.4 Å². The summed E-state index contributed by atoms with van der Waals surface area (Å²) in [6.07, 6.45) is 8.52. The lowest BCUT2D eigenvalue weighted by atomic mass is 9.96. The molecule has 1 aromatic carbocycles. The maximum Gasteiger partial charge on any atom is 0.229 e. The monoisotopic (exact) mass is 327 g/mol. The zero-order valence-corrected chi connectivity index (χ0v) is 13.6. The Kier molecular flexibility index (Phi) is 4.08. The molecule has 0 radical (unpaired) electrons. The van der Waals surface area contributed by atoms with Crippen LogP contribution in [0.15, 0.2) is 36.5 Å². The van der Waals surface area contributed by atoms with Crippen molar-refractivity contribution in [1.82, 2.24) is 9.78 Å². The van der Waals surface area contributed by atoms with E-state index in [1.54, 1.807) is 12.3 Å². The van der Waals surface area contributed by atoms with Crippen LogP contribution in [0.1, 0.15) is 56.0 Å². The van der Waals surface area contributed by atoms with Crippen molar-refractivity contribution < 1.29 is 9.18 Å².